The van der Waals surface area contributed by atoms with E-state index >= 15 is 0 Å². The van der Waals surface area contributed by atoms with E-state index < -0.39 is 16.9 Å². The first kappa shape index (κ1) is 14.1. The van der Waals surface area contributed by atoms with Gasteiger partial charge in [-0.05, 0) is 6.07 Å². The standard InChI is InChI=1S/C13H13N5O4/c19-13(20)11-6-14-3-4-17(11)12-7-15-10-5-8(18(21)22)1-2-9(10)16-12/h1-2,5,7,11,14H,3-4,6H2,(H,19,20)/t11-/m0/s1. The van der Waals surface area contributed by atoms with Gasteiger partial charge in [0.2, 0.25) is 0 Å². The van der Waals surface area contributed by atoms with Crippen molar-refractivity contribution < 1.29 is 14.8 Å². The largest absolute Gasteiger partial charge is 0.480 e. The number of aromatic nitrogens is 2. The zero-order valence-electron chi connectivity index (χ0n) is 11.5. The van der Waals surface area contributed by atoms with Crippen molar-refractivity contribution in [2.75, 3.05) is 24.5 Å². The highest BCUT2D eigenvalue weighted by Gasteiger charge is 2.29. The van der Waals surface area contributed by atoms with Crippen LogP contribution in [0.5, 0.6) is 0 Å². The Morgan fingerprint density at radius 2 is 2.27 bits per heavy atom. The van der Waals surface area contributed by atoms with Gasteiger partial charge in [-0.25, -0.2) is 9.78 Å². The van der Waals surface area contributed by atoms with Crippen molar-refractivity contribution in [2.45, 2.75) is 6.04 Å². The number of nitro benzene ring substituents is 1. The Labute approximate surface area is 124 Å². The average Bonchev–Trinajstić information content (AvgIpc) is 2.53. The van der Waals surface area contributed by atoms with Crippen LogP contribution >= 0.6 is 0 Å². The average molecular weight is 303 g/mol. The maximum atomic E-state index is 11.3. The fraction of sp³-hybridized carbons (Fsp3) is 0.308. The van der Waals surface area contributed by atoms with Crippen molar-refractivity contribution in [2.24, 2.45) is 0 Å². The number of piperazine rings is 1. The predicted molar refractivity (Wildman–Crippen MR) is 77.8 cm³/mol. The van der Waals surface area contributed by atoms with Crippen molar-refractivity contribution in [3.63, 3.8) is 0 Å². The lowest BCUT2D eigenvalue weighted by Gasteiger charge is -2.34. The molecule has 2 aromatic rings. The van der Waals surface area contributed by atoms with Gasteiger partial charge in [0.05, 0.1) is 22.2 Å². The normalized spacial score (nSPS) is 18.4. The molecule has 0 saturated carbocycles. The van der Waals surface area contributed by atoms with E-state index in [1.807, 2.05) is 0 Å². The lowest BCUT2D eigenvalue weighted by molar-refractivity contribution is -0.384. The Morgan fingerprint density at radius 3 is 3.00 bits per heavy atom. The molecule has 0 radical (unpaired) electrons. The molecule has 1 aliphatic rings. The summed E-state index contributed by atoms with van der Waals surface area (Å²) in [4.78, 5) is 31.8. The van der Waals surface area contributed by atoms with Gasteiger partial charge in [-0.1, -0.05) is 0 Å². The van der Waals surface area contributed by atoms with Gasteiger partial charge in [0.1, 0.15) is 11.9 Å². The van der Waals surface area contributed by atoms with Gasteiger partial charge < -0.3 is 15.3 Å². The fourth-order valence-electron chi connectivity index (χ4n) is 2.44. The molecule has 0 aliphatic carbocycles. The predicted octanol–water partition coefficient (Wildman–Crippen LogP) is 0.401. The number of nitrogens with zero attached hydrogens (tertiary/aromatic N) is 4. The van der Waals surface area contributed by atoms with Crippen LogP contribution in [0.15, 0.2) is 24.4 Å². The smallest absolute Gasteiger partial charge is 0.327 e. The number of nitrogens with one attached hydrogen (secondary N) is 1. The van der Waals surface area contributed by atoms with Crippen molar-refractivity contribution in [3.8, 4) is 0 Å². The SMILES string of the molecule is O=C(O)[C@@H]1CNCCN1c1cnc2cc([N+](=O)[O-])ccc2n1. The number of carboxylic acid groups (broad SMARTS) is 1. The number of fused-ring (bicyclic) bond motifs is 1. The Bertz CT molecular complexity index is 750. The van der Waals surface area contributed by atoms with Crippen LogP contribution < -0.4 is 10.2 Å². The molecular weight excluding hydrogens is 290 g/mol. The molecule has 22 heavy (non-hydrogen) atoms. The molecule has 2 heterocycles. The summed E-state index contributed by atoms with van der Waals surface area (Å²) in [5.41, 5.74) is 0.839. The number of carbonyl (C=O) groups is 1. The molecule has 1 saturated heterocycles. The molecule has 9 heteroatoms. The van der Waals surface area contributed by atoms with E-state index in [-0.39, 0.29) is 5.69 Å². The first-order valence-corrected chi connectivity index (χ1v) is 6.67. The number of rotatable bonds is 3. The third-order valence-electron chi connectivity index (χ3n) is 3.55. The minimum atomic E-state index is -0.933. The fourth-order valence-corrected chi connectivity index (χ4v) is 2.44. The summed E-state index contributed by atoms with van der Waals surface area (Å²) >= 11 is 0. The Kier molecular flexibility index (Phi) is 3.55. The van der Waals surface area contributed by atoms with Crippen LogP contribution in [-0.2, 0) is 4.79 Å². The van der Waals surface area contributed by atoms with E-state index in [0.717, 1.165) is 0 Å². The first-order chi connectivity index (χ1) is 10.6. The second-order valence-electron chi connectivity index (χ2n) is 4.91. The molecule has 1 fully saturated rings. The highest BCUT2D eigenvalue weighted by Crippen LogP contribution is 2.22. The van der Waals surface area contributed by atoms with Crippen molar-refractivity contribution in [1.82, 2.24) is 15.3 Å². The van der Waals surface area contributed by atoms with Crippen molar-refractivity contribution in [3.05, 3.63) is 34.5 Å². The molecule has 3 rings (SSSR count). The summed E-state index contributed by atoms with van der Waals surface area (Å²) in [6.07, 6.45) is 1.45. The number of nitro groups is 1. The van der Waals surface area contributed by atoms with Gasteiger partial charge in [0.25, 0.3) is 5.69 Å². The van der Waals surface area contributed by atoms with E-state index in [9.17, 15) is 20.0 Å². The van der Waals surface area contributed by atoms with Gasteiger partial charge in [0.15, 0.2) is 0 Å². The molecule has 1 aliphatic heterocycles. The van der Waals surface area contributed by atoms with Crippen LogP contribution in [0.25, 0.3) is 11.0 Å². The van der Waals surface area contributed by atoms with Crippen molar-refractivity contribution >= 4 is 28.5 Å². The second-order valence-corrected chi connectivity index (χ2v) is 4.91. The minimum absolute atomic E-state index is 0.0554. The Hall–Kier alpha value is -2.81. The van der Waals surface area contributed by atoms with Gasteiger partial charge in [-0.2, -0.15) is 0 Å². The molecule has 2 N–H and O–H groups in total. The van der Waals surface area contributed by atoms with Gasteiger partial charge in [-0.3, -0.25) is 15.1 Å². The minimum Gasteiger partial charge on any atom is -0.480 e. The van der Waals surface area contributed by atoms with Crippen LogP contribution in [-0.4, -0.2) is 51.6 Å². The maximum Gasteiger partial charge on any atom is 0.327 e. The number of benzene rings is 1. The van der Waals surface area contributed by atoms with Gasteiger partial charge in [-0.15, -0.1) is 0 Å². The molecule has 0 unspecified atom stereocenters. The highest BCUT2D eigenvalue weighted by atomic mass is 16.6. The molecule has 0 spiro atoms. The molecule has 1 atom stereocenters. The van der Waals surface area contributed by atoms with E-state index in [4.69, 9.17) is 0 Å². The summed E-state index contributed by atoms with van der Waals surface area (Å²) in [7, 11) is 0. The molecule has 1 aromatic heterocycles. The number of carboxylic acids is 1. The van der Waals surface area contributed by atoms with E-state index in [1.54, 1.807) is 4.90 Å². The summed E-state index contributed by atoms with van der Waals surface area (Å²) < 4.78 is 0. The second kappa shape index (κ2) is 5.53. The third kappa shape index (κ3) is 2.53. The third-order valence-corrected chi connectivity index (χ3v) is 3.55. The summed E-state index contributed by atoms with van der Waals surface area (Å²) in [6.45, 7) is 1.49. The van der Waals surface area contributed by atoms with Crippen molar-refractivity contribution in [1.29, 1.82) is 0 Å². The summed E-state index contributed by atoms with van der Waals surface area (Å²) in [5.74, 6) is -0.479. The number of hydrogen-bond acceptors (Lipinski definition) is 7. The lowest BCUT2D eigenvalue weighted by atomic mass is 10.2. The van der Waals surface area contributed by atoms with Gasteiger partial charge >= 0.3 is 5.97 Å². The van der Waals surface area contributed by atoms with E-state index in [0.29, 0.717) is 36.5 Å². The number of aliphatic carboxylic acids is 1. The number of anilines is 1. The topological polar surface area (TPSA) is 121 Å². The quantitative estimate of drug-likeness (QED) is 0.617. The van der Waals surface area contributed by atoms with Crippen LogP contribution in [0.2, 0.25) is 0 Å². The zero-order valence-corrected chi connectivity index (χ0v) is 11.5. The molecular formula is C13H13N5O4. The van der Waals surface area contributed by atoms with Crippen LogP contribution in [0.1, 0.15) is 0 Å². The number of non-ortho nitro benzene ring substituents is 1. The lowest BCUT2D eigenvalue weighted by Crippen LogP contribution is -2.55. The molecule has 0 amide bonds. The monoisotopic (exact) mass is 303 g/mol. The molecule has 1 aromatic carbocycles. The maximum absolute atomic E-state index is 11.3. The summed E-state index contributed by atoms with van der Waals surface area (Å²) in [5, 5.41) is 23.1. The van der Waals surface area contributed by atoms with E-state index in [1.165, 1.54) is 24.4 Å². The van der Waals surface area contributed by atoms with Crippen LogP contribution in [0.3, 0.4) is 0 Å². The molecule has 0 bridgehead atoms. The number of hydrogen-bond donors (Lipinski definition) is 2. The molecule has 9 nitrogen and oxygen atoms in total. The summed E-state index contributed by atoms with van der Waals surface area (Å²) in [6, 6.07) is 3.51. The van der Waals surface area contributed by atoms with Gasteiger partial charge in [0, 0.05) is 31.8 Å². The molecule has 114 valence electrons. The highest BCUT2D eigenvalue weighted by molar-refractivity contribution is 5.81. The zero-order chi connectivity index (χ0) is 15.7. The van der Waals surface area contributed by atoms with Crippen LogP contribution in [0.4, 0.5) is 11.5 Å². The van der Waals surface area contributed by atoms with Crippen LogP contribution in [0, 0.1) is 10.1 Å². The Morgan fingerprint density at radius 1 is 1.45 bits per heavy atom. The Balaban J connectivity index is 1.99. The van der Waals surface area contributed by atoms with E-state index in [2.05, 4.69) is 15.3 Å². The first-order valence-electron chi connectivity index (χ1n) is 6.67.